The molecule has 0 unspecified atom stereocenters. The van der Waals surface area contributed by atoms with Crippen LogP contribution in [0, 0.1) is 12.8 Å². The molecule has 1 atom stereocenters. The number of halogens is 5. The van der Waals surface area contributed by atoms with Gasteiger partial charge in [-0.1, -0.05) is 62.3 Å². The summed E-state index contributed by atoms with van der Waals surface area (Å²) in [7, 11) is 0. The van der Waals surface area contributed by atoms with E-state index in [1.54, 1.807) is 24.0 Å². The molecule has 1 saturated heterocycles. The number of esters is 1. The lowest BCUT2D eigenvalue weighted by atomic mass is 10.1. The second-order valence-electron chi connectivity index (χ2n) is 8.70. The molecule has 3 aromatic rings. The van der Waals surface area contributed by atoms with Crippen LogP contribution in [0.5, 0.6) is 5.75 Å². The Balaban J connectivity index is 1.35. The Bertz CT molecular complexity index is 1510. The standard InChI is InChI=1S/C26H15BrCl4N2O5/c1-11-8-15(38-26(37)12-9-17(34)32(10-12)14-4-2-13(27)3-5-14)6-7-16(11)33-24(35)18-19(25(33)36)21(29)23(31)22(30)20(18)28/h2-8,12H,9-10H2,1H3/t12-/m0/s1. The fourth-order valence-corrected chi connectivity index (χ4v) is 5.72. The van der Waals surface area contributed by atoms with Gasteiger partial charge in [-0.2, -0.15) is 0 Å². The molecule has 5 rings (SSSR count). The van der Waals surface area contributed by atoms with Gasteiger partial charge in [-0.15, -0.1) is 0 Å². The van der Waals surface area contributed by atoms with Crippen molar-refractivity contribution in [1.82, 2.24) is 0 Å². The summed E-state index contributed by atoms with van der Waals surface area (Å²) in [5, 5.41) is -0.571. The molecule has 7 nitrogen and oxygen atoms in total. The van der Waals surface area contributed by atoms with Crippen LogP contribution in [0.15, 0.2) is 46.9 Å². The van der Waals surface area contributed by atoms with Gasteiger partial charge in [-0.25, -0.2) is 4.90 Å². The molecule has 194 valence electrons. The van der Waals surface area contributed by atoms with Crippen LogP contribution in [-0.4, -0.2) is 30.2 Å². The monoisotopic (exact) mass is 654 g/mol. The van der Waals surface area contributed by atoms with E-state index in [-0.39, 0.29) is 61.5 Å². The Morgan fingerprint density at radius 2 is 1.47 bits per heavy atom. The molecule has 12 heteroatoms. The van der Waals surface area contributed by atoms with Crippen LogP contribution in [-0.2, 0) is 9.59 Å². The molecule has 1 fully saturated rings. The zero-order chi connectivity index (χ0) is 27.5. The number of hydrogen-bond acceptors (Lipinski definition) is 5. The summed E-state index contributed by atoms with van der Waals surface area (Å²) in [4.78, 5) is 54.2. The minimum Gasteiger partial charge on any atom is -0.426 e. The van der Waals surface area contributed by atoms with Crippen LogP contribution in [0.2, 0.25) is 20.1 Å². The number of carbonyl (C=O) groups is 4. The highest BCUT2D eigenvalue weighted by atomic mass is 79.9. The highest BCUT2D eigenvalue weighted by Gasteiger charge is 2.43. The van der Waals surface area contributed by atoms with E-state index in [1.807, 2.05) is 12.1 Å². The number of amides is 3. The third kappa shape index (κ3) is 4.48. The maximum absolute atomic E-state index is 13.2. The molecular formula is C26H15BrCl4N2O5. The lowest BCUT2D eigenvalue weighted by Gasteiger charge is -2.18. The Morgan fingerprint density at radius 3 is 2.03 bits per heavy atom. The van der Waals surface area contributed by atoms with Crippen molar-refractivity contribution in [3.05, 3.63) is 83.7 Å². The molecule has 3 amide bonds. The van der Waals surface area contributed by atoms with Crippen molar-refractivity contribution in [3.8, 4) is 5.75 Å². The molecule has 2 heterocycles. The van der Waals surface area contributed by atoms with Crippen molar-refractivity contribution in [1.29, 1.82) is 0 Å². The summed E-state index contributed by atoms with van der Waals surface area (Å²) < 4.78 is 6.42. The number of fused-ring (bicyclic) bond motifs is 1. The summed E-state index contributed by atoms with van der Waals surface area (Å²) in [6, 6.07) is 11.7. The van der Waals surface area contributed by atoms with Crippen molar-refractivity contribution in [2.45, 2.75) is 13.3 Å². The number of rotatable bonds is 4. The smallest absolute Gasteiger partial charge is 0.316 e. The predicted octanol–water partition coefficient (Wildman–Crippen LogP) is 7.13. The average Bonchev–Trinajstić information content (AvgIpc) is 3.39. The lowest BCUT2D eigenvalue weighted by Crippen LogP contribution is -2.30. The fourth-order valence-electron chi connectivity index (χ4n) is 4.45. The van der Waals surface area contributed by atoms with Crippen molar-refractivity contribution < 1.29 is 23.9 Å². The quantitative estimate of drug-likeness (QED) is 0.0981. The van der Waals surface area contributed by atoms with Crippen LogP contribution in [0.1, 0.15) is 32.7 Å². The number of ether oxygens (including phenoxy) is 1. The highest BCUT2D eigenvalue weighted by molar-refractivity contribution is 9.10. The summed E-state index contributed by atoms with van der Waals surface area (Å²) in [5.74, 6) is -2.61. The Morgan fingerprint density at radius 1 is 0.895 bits per heavy atom. The third-order valence-electron chi connectivity index (χ3n) is 6.33. The van der Waals surface area contributed by atoms with E-state index in [1.165, 1.54) is 18.2 Å². The number of imide groups is 1. The van der Waals surface area contributed by atoms with E-state index < -0.39 is 23.7 Å². The Kier molecular flexibility index (Phi) is 7.22. The van der Waals surface area contributed by atoms with Gasteiger partial charge in [0.05, 0.1) is 42.8 Å². The first-order valence-corrected chi connectivity index (χ1v) is 13.4. The largest absolute Gasteiger partial charge is 0.426 e. The number of carbonyl (C=O) groups excluding carboxylic acids is 4. The molecule has 2 aliphatic rings. The zero-order valence-corrected chi connectivity index (χ0v) is 24.0. The van der Waals surface area contributed by atoms with Gasteiger partial charge in [0, 0.05) is 23.1 Å². The Labute approximate surface area is 245 Å². The van der Waals surface area contributed by atoms with Crippen LogP contribution in [0.4, 0.5) is 11.4 Å². The summed E-state index contributed by atoms with van der Waals surface area (Å²) in [5.41, 5.74) is 1.14. The molecule has 2 aliphatic heterocycles. The molecule has 0 N–H and O–H groups in total. The topological polar surface area (TPSA) is 84.0 Å². The summed E-state index contributed by atoms with van der Waals surface area (Å²) in [6.07, 6.45) is 0.0215. The molecule has 0 aromatic heterocycles. The maximum atomic E-state index is 13.2. The molecular weight excluding hydrogens is 642 g/mol. The van der Waals surface area contributed by atoms with E-state index >= 15 is 0 Å². The van der Waals surface area contributed by atoms with Gasteiger partial charge in [0.25, 0.3) is 11.8 Å². The number of hydrogen-bond donors (Lipinski definition) is 0. The van der Waals surface area contributed by atoms with E-state index in [2.05, 4.69) is 15.9 Å². The maximum Gasteiger partial charge on any atom is 0.316 e. The molecule has 0 radical (unpaired) electrons. The Hall–Kier alpha value is -2.62. The minimum absolute atomic E-state index is 0.0215. The highest BCUT2D eigenvalue weighted by Crippen LogP contribution is 2.46. The van der Waals surface area contributed by atoms with Crippen LogP contribution >= 0.6 is 62.3 Å². The van der Waals surface area contributed by atoms with E-state index in [9.17, 15) is 19.2 Å². The van der Waals surface area contributed by atoms with Crippen LogP contribution in [0.25, 0.3) is 0 Å². The van der Waals surface area contributed by atoms with Crippen molar-refractivity contribution in [2.24, 2.45) is 5.92 Å². The van der Waals surface area contributed by atoms with Crippen molar-refractivity contribution in [2.75, 3.05) is 16.3 Å². The van der Waals surface area contributed by atoms with Crippen LogP contribution in [0.3, 0.4) is 0 Å². The third-order valence-corrected chi connectivity index (χ3v) is 8.66. The van der Waals surface area contributed by atoms with Gasteiger partial charge < -0.3 is 9.64 Å². The molecule has 0 aliphatic carbocycles. The fraction of sp³-hybridized carbons (Fsp3) is 0.154. The molecule has 0 saturated carbocycles. The normalized spacial score (nSPS) is 16.9. The molecule has 38 heavy (non-hydrogen) atoms. The summed E-state index contributed by atoms with van der Waals surface area (Å²) >= 11 is 28.0. The van der Waals surface area contributed by atoms with Crippen LogP contribution < -0.4 is 14.5 Å². The first-order valence-electron chi connectivity index (χ1n) is 11.1. The lowest BCUT2D eigenvalue weighted by molar-refractivity contribution is -0.139. The van der Waals surface area contributed by atoms with Gasteiger partial charge in [-0.05, 0) is 55.0 Å². The average molecular weight is 657 g/mol. The predicted molar refractivity (Wildman–Crippen MR) is 149 cm³/mol. The molecule has 0 spiro atoms. The summed E-state index contributed by atoms with van der Waals surface area (Å²) in [6.45, 7) is 1.84. The number of anilines is 2. The number of benzene rings is 3. The zero-order valence-electron chi connectivity index (χ0n) is 19.4. The number of aryl methyl sites for hydroxylation is 1. The van der Waals surface area contributed by atoms with Gasteiger partial charge in [0.2, 0.25) is 5.91 Å². The molecule has 0 bridgehead atoms. The van der Waals surface area contributed by atoms with Gasteiger partial charge >= 0.3 is 5.97 Å². The van der Waals surface area contributed by atoms with Gasteiger partial charge in [0.15, 0.2) is 0 Å². The minimum atomic E-state index is -0.708. The van der Waals surface area contributed by atoms with Gasteiger partial charge in [0.1, 0.15) is 5.75 Å². The second kappa shape index (κ2) is 10.2. The van der Waals surface area contributed by atoms with Crippen molar-refractivity contribution >= 4 is 97.4 Å². The first kappa shape index (κ1) is 27.0. The first-order chi connectivity index (χ1) is 18.0. The SMILES string of the molecule is Cc1cc(OC(=O)[C@H]2CC(=O)N(c3ccc(Br)cc3)C2)ccc1N1C(=O)c2c(Cl)c(Cl)c(Cl)c(Cl)c2C1=O. The second-order valence-corrected chi connectivity index (χ2v) is 11.1. The molecule has 3 aromatic carbocycles. The van der Waals surface area contributed by atoms with Crippen molar-refractivity contribution in [3.63, 3.8) is 0 Å². The van der Waals surface area contributed by atoms with E-state index in [0.717, 1.165) is 9.37 Å². The van der Waals surface area contributed by atoms with Gasteiger partial charge in [-0.3, -0.25) is 19.2 Å². The van der Waals surface area contributed by atoms with E-state index in [4.69, 9.17) is 51.1 Å². The van der Waals surface area contributed by atoms with E-state index in [0.29, 0.717) is 11.3 Å². The number of nitrogens with zero attached hydrogens (tertiary/aromatic N) is 2.